The van der Waals surface area contributed by atoms with E-state index in [1.54, 1.807) is 12.5 Å². The number of fused-ring (bicyclic) bond motifs is 2. The Morgan fingerprint density at radius 2 is 1.92 bits per heavy atom. The van der Waals surface area contributed by atoms with Crippen molar-refractivity contribution in [3.8, 4) is 17.2 Å². The molecule has 0 radical (unpaired) electrons. The van der Waals surface area contributed by atoms with E-state index in [1.165, 1.54) is 0 Å². The van der Waals surface area contributed by atoms with Crippen LogP contribution >= 0.6 is 0 Å². The Kier molecular flexibility index (Phi) is 3.15. The van der Waals surface area contributed by atoms with Crippen LogP contribution in [-0.4, -0.2) is 26.3 Å². The van der Waals surface area contributed by atoms with Crippen LogP contribution in [-0.2, 0) is 0 Å². The number of para-hydroxylation sites is 2. The first-order chi connectivity index (χ1) is 12.8. The predicted molar refractivity (Wildman–Crippen MR) is 101 cm³/mol. The van der Waals surface area contributed by atoms with E-state index < -0.39 is 0 Å². The van der Waals surface area contributed by atoms with Gasteiger partial charge in [0.2, 0.25) is 5.95 Å². The first kappa shape index (κ1) is 14.5. The number of hydrogen-bond acceptors (Lipinski definition) is 4. The molecule has 6 nitrogen and oxygen atoms in total. The van der Waals surface area contributed by atoms with Gasteiger partial charge < -0.3 is 19.5 Å². The van der Waals surface area contributed by atoms with Gasteiger partial charge in [-0.05, 0) is 30.3 Å². The van der Waals surface area contributed by atoms with Gasteiger partial charge in [-0.1, -0.05) is 24.3 Å². The molecule has 0 saturated heterocycles. The number of H-pyrrole nitrogens is 2. The summed E-state index contributed by atoms with van der Waals surface area (Å²) in [4.78, 5) is 14.9. The summed E-state index contributed by atoms with van der Waals surface area (Å²) in [6.45, 7) is 0. The number of nitrogens with zero attached hydrogens (tertiary/aromatic N) is 2. The molecule has 5 rings (SSSR count). The first-order valence-electron chi connectivity index (χ1n) is 8.15. The standard InChI is InChI=1S/C20H14N4O2/c25-19-14(11-21-20-23-15-4-1-2-5-16(15)24-20)13-8-7-12(10-17(13)22-19)18-6-3-9-26-18/h1-11,22,25H,(H,23,24)/b21-11+. The van der Waals surface area contributed by atoms with Crippen LogP contribution in [0.4, 0.5) is 5.95 Å². The molecule has 26 heavy (non-hydrogen) atoms. The molecule has 0 fully saturated rings. The van der Waals surface area contributed by atoms with Gasteiger partial charge in [0.1, 0.15) is 5.76 Å². The van der Waals surface area contributed by atoms with Crippen LogP contribution in [0.3, 0.4) is 0 Å². The van der Waals surface area contributed by atoms with Crippen LogP contribution < -0.4 is 0 Å². The van der Waals surface area contributed by atoms with Crippen molar-refractivity contribution >= 4 is 34.1 Å². The summed E-state index contributed by atoms with van der Waals surface area (Å²) in [5.41, 5.74) is 4.13. The number of benzene rings is 2. The van der Waals surface area contributed by atoms with E-state index in [9.17, 15) is 5.11 Å². The first-order valence-corrected chi connectivity index (χ1v) is 8.15. The van der Waals surface area contributed by atoms with Crippen LogP contribution in [0.5, 0.6) is 5.88 Å². The van der Waals surface area contributed by atoms with Crippen molar-refractivity contribution in [2.24, 2.45) is 4.99 Å². The lowest BCUT2D eigenvalue weighted by molar-refractivity contribution is 0.457. The molecule has 0 bridgehead atoms. The molecule has 3 heterocycles. The van der Waals surface area contributed by atoms with Gasteiger partial charge in [0.05, 0.1) is 22.9 Å². The van der Waals surface area contributed by atoms with Crippen LogP contribution in [0, 0.1) is 0 Å². The molecule has 0 amide bonds. The fourth-order valence-corrected chi connectivity index (χ4v) is 3.06. The number of aliphatic imine (C=N–C) groups is 1. The number of hydrogen-bond donors (Lipinski definition) is 3. The van der Waals surface area contributed by atoms with Gasteiger partial charge in [-0.3, -0.25) is 0 Å². The highest BCUT2D eigenvalue weighted by Gasteiger charge is 2.11. The lowest BCUT2D eigenvalue weighted by Crippen LogP contribution is -1.80. The molecule has 5 aromatic rings. The van der Waals surface area contributed by atoms with Crippen LogP contribution in [0.25, 0.3) is 33.3 Å². The molecule has 0 saturated carbocycles. The summed E-state index contributed by atoms with van der Waals surface area (Å²) in [7, 11) is 0. The molecule has 0 aliphatic heterocycles. The third-order valence-corrected chi connectivity index (χ3v) is 4.32. The molecule has 0 aliphatic carbocycles. The number of aromatic nitrogens is 3. The smallest absolute Gasteiger partial charge is 0.227 e. The topological polar surface area (TPSA) is 90.2 Å². The van der Waals surface area contributed by atoms with E-state index in [1.807, 2.05) is 54.6 Å². The molecule has 6 heteroatoms. The van der Waals surface area contributed by atoms with Crippen LogP contribution in [0.1, 0.15) is 5.56 Å². The average molecular weight is 342 g/mol. The normalized spacial score (nSPS) is 11.8. The van der Waals surface area contributed by atoms with Gasteiger partial charge in [0.15, 0.2) is 5.88 Å². The summed E-state index contributed by atoms with van der Waals surface area (Å²) >= 11 is 0. The van der Waals surface area contributed by atoms with Gasteiger partial charge in [0.25, 0.3) is 0 Å². The molecule has 0 unspecified atom stereocenters. The predicted octanol–water partition coefficient (Wildman–Crippen LogP) is 4.76. The zero-order valence-electron chi connectivity index (χ0n) is 13.6. The largest absolute Gasteiger partial charge is 0.494 e. The van der Waals surface area contributed by atoms with Crippen molar-refractivity contribution in [1.82, 2.24) is 15.0 Å². The molecule has 0 aliphatic rings. The van der Waals surface area contributed by atoms with Crippen LogP contribution in [0.2, 0.25) is 0 Å². The van der Waals surface area contributed by atoms with Crippen LogP contribution in [0.15, 0.2) is 70.3 Å². The maximum absolute atomic E-state index is 10.3. The molecule has 2 aromatic carbocycles. The second kappa shape index (κ2) is 5.63. The van der Waals surface area contributed by atoms with E-state index in [-0.39, 0.29) is 5.88 Å². The van der Waals surface area contributed by atoms with E-state index in [4.69, 9.17) is 4.42 Å². The minimum Gasteiger partial charge on any atom is -0.494 e. The zero-order chi connectivity index (χ0) is 17.5. The maximum Gasteiger partial charge on any atom is 0.227 e. The second-order valence-electron chi connectivity index (χ2n) is 5.96. The van der Waals surface area contributed by atoms with Gasteiger partial charge >= 0.3 is 0 Å². The Morgan fingerprint density at radius 1 is 1.00 bits per heavy atom. The quantitative estimate of drug-likeness (QED) is 0.413. The van der Waals surface area contributed by atoms with Gasteiger partial charge in [-0.15, -0.1) is 0 Å². The van der Waals surface area contributed by atoms with Crippen molar-refractivity contribution in [2.45, 2.75) is 0 Å². The molecule has 3 N–H and O–H groups in total. The number of aromatic hydroxyl groups is 1. The molecular formula is C20H14N4O2. The van der Waals surface area contributed by atoms with E-state index in [0.717, 1.165) is 33.3 Å². The summed E-state index contributed by atoms with van der Waals surface area (Å²) in [6, 6.07) is 17.3. The lowest BCUT2D eigenvalue weighted by atomic mass is 10.1. The van der Waals surface area contributed by atoms with Crippen molar-refractivity contribution in [2.75, 3.05) is 0 Å². The Morgan fingerprint density at radius 3 is 2.77 bits per heavy atom. The Labute approximate surface area is 147 Å². The minimum absolute atomic E-state index is 0.0662. The second-order valence-corrected chi connectivity index (χ2v) is 5.96. The summed E-state index contributed by atoms with van der Waals surface area (Å²) < 4.78 is 5.42. The van der Waals surface area contributed by atoms with Gasteiger partial charge in [-0.2, -0.15) is 0 Å². The highest BCUT2D eigenvalue weighted by atomic mass is 16.3. The van der Waals surface area contributed by atoms with E-state index in [0.29, 0.717) is 11.5 Å². The summed E-state index contributed by atoms with van der Waals surface area (Å²) in [6.07, 6.45) is 3.25. The molecule has 0 spiro atoms. The molecule has 3 aromatic heterocycles. The Bertz CT molecular complexity index is 1210. The Hall–Kier alpha value is -3.80. The molecular weight excluding hydrogens is 328 g/mol. The SMILES string of the molecule is Oc1[nH]c2cc(-c3ccco3)ccc2c1/C=N/c1nc2ccccc2[nH]1. The fourth-order valence-electron chi connectivity index (χ4n) is 3.06. The number of aromatic amines is 2. The van der Waals surface area contributed by atoms with E-state index >= 15 is 0 Å². The minimum atomic E-state index is 0.0662. The monoisotopic (exact) mass is 342 g/mol. The lowest BCUT2D eigenvalue weighted by Gasteiger charge is -1.97. The third-order valence-electron chi connectivity index (χ3n) is 4.32. The summed E-state index contributed by atoms with van der Waals surface area (Å²) in [5.74, 6) is 1.34. The number of imidazole rings is 1. The fraction of sp³-hybridized carbons (Fsp3) is 0. The van der Waals surface area contributed by atoms with Gasteiger partial charge in [0, 0.05) is 22.7 Å². The maximum atomic E-state index is 10.3. The van der Waals surface area contributed by atoms with Crippen molar-refractivity contribution in [3.05, 3.63) is 66.4 Å². The molecule has 126 valence electrons. The third kappa shape index (κ3) is 2.36. The highest BCUT2D eigenvalue weighted by Crippen LogP contribution is 2.30. The number of rotatable bonds is 3. The number of nitrogens with one attached hydrogen (secondary N) is 2. The zero-order valence-corrected chi connectivity index (χ0v) is 13.6. The molecule has 0 atom stereocenters. The van der Waals surface area contributed by atoms with E-state index in [2.05, 4.69) is 19.9 Å². The Balaban J connectivity index is 1.54. The van der Waals surface area contributed by atoms with Crippen molar-refractivity contribution in [1.29, 1.82) is 0 Å². The number of furan rings is 1. The summed E-state index contributed by atoms with van der Waals surface area (Å²) in [5, 5.41) is 11.1. The van der Waals surface area contributed by atoms with Crippen molar-refractivity contribution < 1.29 is 9.52 Å². The average Bonchev–Trinajstić information content (AvgIpc) is 3.37. The van der Waals surface area contributed by atoms with Gasteiger partial charge in [-0.25, -0.2) is 9.98 Å². The van der Waals surface area contributed by atoms with Crippen molar-refractivity contribution in [3.63, 3.8) is 0 Å². The highest BCUT2D eigenvalue weighted by molar-refractivity contribution is 6.03.